The first-order valence-electron chi connectivity index (χ1n) is 6.19. The first-order chi connectivity index (χ1) is 8.45. The van der Waals surface area contributed by atoms with Gasteiger partial charge in [-0.2, -0.15) is 4.31 Å². The average Bonchev–Trinajstić information content (AvgIpc) is 2.86. The van der Waals surface area contributed by atoms with Crippen molar-refractivity contribution < 1.29 is 8.42 Å². The smallest absolute Gasteiger partial charge is 0.252 e. The molecule has 1 saturated heterocycles. The van der Waals surface area contributed by atoms with Crippen molar-refractivity contribution in [1.29, 1.82) is 0 Å². The Kier molecular flexibility index (Phi) is 4.11. The monoisotopic (exact) mass is 288 g/mol. The number of rotatable bonds is 4. The highest BCUT2D eigenvalue weighted by atomic mass is 32.2. The average molecular weight is 288 g/mol. The van der Waals surface area contributed by atoms with E-state index in [-0.39, 0.29) is 6.04 Å². The maximum absolute atomic E-state index is 12.5. The van der Waals surface area contributed by atoms with Crippen LogP contribution in [0.25, 0.3) is 0 Å². The lowest BCUT2D eigenvalue weighted by atomic mass is 10.1. The van der Waals surface area contributed by atoms with Crippen LogP contribution >= 0.6 is 11.3 Å². The number of nitrogens with zero attached hydrogens (tertiary/aromatic N) is 1. The standard InChI is InChI=1S/C12H20N2O2S2/c1-9-4-10(2)14(7-9)18(15,16)12-5-11(6-13-3)8-17-12/h5,8-10,13H,4,6-7H2,1-3H3. The van der Waals surface area contributed by atoms with Gasteiger partial charge >= 0.3 is 0 Å². The topological polar surface area (TPSA) is 49.4 Å². The van der Waals surface area contributed by atoms with Crippen molar-refractivity contribution in [2.75, 3.05) is 13.6 Å². The molecule has 2 unspecified atom stereocenters. The molecule has 0 aliphatic carbocycles. The van der Waals surface area contributed by atoms with E-state index in [1.54, 1.807) is 10.4 Å². The molecule has 6 heteroatoms. The molecule has 2 heterocycles. The van der Waals surface area contributed by atoms with Crippen LogP contribution in [0.5, 0.6) is 0 Å². The van der Waals surface area contributed by atoms with Gasteiger partial charge < -0.3 is 5.32 Å². The van der Waals surface area contributed by atoms with Crippen LogP contribution in [0.2, 0.25) is 0 Å². The van der Waals surface area contributed by atoms with Gasteiger partial charge in [-0.3, -0.25) is 0 Å². The Morgan fingerprint density at radius 1 is 1.50 bits per heavy atom. The van der Waals surface area contributed by atoms with E-state index in [1.165, 1.54) is 11.3 Å². The molecule has 1 aliphatic heterocycles. The summed E-state index contributed by atoms with van der Waals surface area (Å²) in [5, 5.41) is 4.94. The highest BCUT2D eigenvalue weighted by Crippen LogP contribution is 2.31. The van der Waals surface area contributed by atoms with E-state index in [2.05, 4.69) is 12.2 Å². The molecule has 1 fully saturated rings. The van der Waals surface area contributed by atoms with Crippen LogP contribution in [-0.2, 0) is 16.6 Å². The number of hydrogen-bond acceptors (Lipinski definition) is 4. The van der Waals surface area contributed by atoms with Gasteiger partial charge in [0.1, 0.15) is 4.21 Å². The largest absolute Gasteiger partial charge is 0.316 e. The zero-order valence-electron chi connectivity index (χ0n) is 11.0. The number of thiophene rings is 1. The maximum atomic E-state index is 12.5. The summed E-state index contributed by atoms with van der Waals surface area (Å²) >= 11 is 1.32. The minimum absolute atomic E-state index is 0.111. The fourth-order valence-electron chi connectivity index (χ4n) is 2.50. The summed E-state index contributed by atoms with van der Waals surface area (Å²) in [5.41, 5.74) is 1.03. The van der Waals surface area contributed by atoms with Gasteiger partial charge in [0.2, 0.25) is 0 Å². The molecular weight excluding hydrogens is 268 g/mol. The lowest BCUT2D eigenvalue weighted by Crippen LogP contribution is -2.33. The van der Waals surface area contributed by atoms with Gasteiger partial charge in [0.25, 0.3) is 10.0 Å². The van der Waals surface area contributed by atoms with Gasteiger partial charge in [0.15, 0.2) is 0 Å². The fraction of sp³-hybridized carbons (Fsp3) is 0.667. The third-order valence-electron chi connectivity index (χ3n) is 3.30. The molecule has 1 aromatic heterocycles. The molecule has 1 N–H and O–H groups in total. The normalized spacial score (nSPS) is 25.7. The van der Waals surface area contributed by atoms with Crippen molar-refractivity contribution in [3.05, 3.63) is 17.0 Å². The van der Waals surface area contributed by atoms with Crippen LogP contribution < -0.4 is 5.32 Å². The molecule has 1 aliphatic rings. The minimum atomic E-state index is -3.29. The van der Waals surface area contributed by atoms with E-state index in [0.717, 1.165) is 12.0 Å². The first kappa shape index (κ1) is 14.0. The Morgan fingerprint density at radius 2 is 2.22 bits per heavy atom. The Balaban J connectivity index is 2.24. The van der Waals surface area contributed by atoms with Crippen molar-refractivity contribution in [1.82, 2.24) is 9.62 Å². The second-order valence-corrected chi connectivity index (χ2v) is 8.10. The molecule has 0 radical (unpaired) electrons. The van der Waals surface area contributed by atoms with E-state index in [1.807, 2.05) is 19.4 Å². The van der Waals surface area contributed by atoms with Crippen LogP contribution in [0, 0.1) is 5.92 Å². The van der Waals surface area contributed by atoms with Crippen LogP contribution in [0.3, 0.4) is 0 Å². The first-order valence-corrected chi connectivity index (χ1v) is 8.51. The van der Waals surface area contributed by atoms with Crippen molar-refractivity contribution in [2.45, 2.75) is 37.1 Å². The highest BCUT2D eigenvalue weighted by molar-refractivity contribution is 7.91. The second-order valence-electron chi connectivity index (χ2n) is 5.07. The SMILES string of the molecule is CNCc1csc(S(=O)(=O)N2CC(C)CC2C)c1. The summed E-state index contributed by atoms with van der Waals surface area (Å²) in [4.78, 5) is 0. The molecule has 0 aromatic carbocycles. The van der Waals surface area contributed by atoms with Gasteiger partial charge in [0, 0.05) is 19.1 Å². The molecule has 0 bridgehead atoms. The van der Waals surface area contributed by atoms with E-state index in [0.29, 0.717) is 23.2 Å². The molecule has 4 nitrogen and oxygen atoms in total. The highest BCUT2D eigenvalue weighted by Gasteiger charge is 2.36. The quantitative estimate of drug-likeness (QED) is 0.920. The van der Waals surface area contributed by atoms with E-state index in [9.17, 15) is 8.42 Å². The van der Waals surface area contributed by atoms with Gasteiger partial charge in [0.05, 0.1) is 0 Å². The van der Waals surface area contributed by atoms with Crippen LogP contribution in [0.15, 0.2) is 15.7 Å². The predicted octanol–water partition coefficient (Wildman–Crippen LogP) is 1.89. The van der Waals surface area contributed by atoms with E-state index >= 15 is 0 Å². The van der Waals surface area contributed by atoms with Gasteiger partial charge in [-0.1, -0.05) is 6.92 Å². The molecule has 0 amide bonds. The molecule has 2 rings (SSSR count). The lowest BCUT2D eigenvalue weighted by Gasteiger charge is -2.19. The second kappa shape index (κ2) is 5.28. The van der Waals surface area contributed by atoms with Crippen LogP contribution in [0.1, 0.15) is 25.8 Å². The maximum Gasteiger partial charge on any atom is 0.252 e. The van der Waals surface area contributed by atoms with Gasteiger partial charge in [-0.25, -0.2) is 8.42 Å². The van der Waals surface area contributed by atoms with Crippen molar-refractivity contribution >= 4 is 21.4 Å². The summed E-state index contributed by atoms with van der Waals surface area (Å²) in [6, 6.07) is 1.89. The zero-order valence-corrected chi connectivity index (χ0v) is 12.6. The van der Waals surface area contributed by atoms with Gasteiger partial charge in [-0.05, 0) is 43.3 Å². The number of sulfonamides is 1. The molecule has 102 valence electrons. The zero-order chi connectivity index (χ0) is 13.3. The molecule has 0 saturated carbocycles. The van der Waals surface area contributed by atoms with Crippen LogP contribution in [-0.4, -0.2) is 32.4 Å². The molecule has 1 aromatic rings. The molecule has 2 atom stereocenters. The fourth-order valence-corrected chi connectivity index (χ4v) is 5.60. The van der Waals surface area contributed by atoms with E-state index in [4.69, 9.17) is 0 Å². The Bertz CT molecular complexity index is 510. The van der Waals surface area contributed by atoms with Crippen LogP contribution in [0.4, 0.5) is 0 Å². The molecule has 18 heavy (non-hydrogen) atoms. The third kappa shape index (κ3) is 2.61. The summed E-state index contributed by atoms with van der Waals surface area (Å²) < 4.78 is 27.2. The van der Waals surface area contributed by atoms with Crippen molar-refractivity contribution in [3.63, 3.8) is 0 Å². The predicted molar refractivity (Wildman–Crippen MR) is 74.2 cm³/mol. The summed E-state index contributed by atoms with van der Waals surface area (Å²) in [5.74, 6) is 0.450. The van der Waals surface area contributed by atoms with Crippen molar-refractivity contribution in [2.24, 2.45) is 5.92 Å². The summed E-state index contributed by atoms with van der Waals surface area (Å²) in [6.45, 7) is 5.44. The van der Waals surface area contributed by atoms with E-state index < -0.39 is 10.0 Å². The molecular formula is C12H20N2O2S2. The minimum Gasteiger partial charge on any atom is -0.316 e. The van der Waals surface area contributed by atoms with Crippen molar-refractivity contribution in [3.8, 4) is 0 Å². The summed E-state index contributed by atoms with van der Waals surface area (Å²) in [6.07, 6.45) is 0.952. The Labute approximate surface area is 113 Å². The Hall–Kier alpha value is -0.430. The number of nitrogens with one attached hydrogen (secondary N) is 1. The Morgan fingerprint density at radius 3 is 2.78 bits per heavy atom. The lowest BCUT2D eigenvalue weighted by molar-refractivity contribution is 0.407. The molecule has 0 spiro atoms. The number of hydrogen-bond donors (Lipinski definition) is 1. The summed E-state index contributed by atoms with van der Waals surface area (Å²) in [7, 11) is -1.44. The third-order valence-corrected chi connectivity index (χ3v) is 6.74. The van der Waals surface area contributed by atoms with Gasteiger partial charge in [-0.15, -0.1) is 11.3 Å².